The molecule has 0 spiro atoms. The summed E-state index contributed by atoms with van der Waals surface area (Å²) in [5.41, 5.74) is 1.77. The van der Waals surface area contributed by atoms with Crippen LogP contribution in [-0.4, -0.2) is 22.7 Å². The number of carbonyl (C=O) groups is 1. The van der Waals surface area contributed by atoms with E-state index in [9.17, 15) is 4.79 Å². The Morgan fingerprint density at radius 3 is 2.73 bits per heavy atom. The van der Waals surface area contributed by atoms with Gasteiger partial charge in [-0.3, -0.25) is 4.79 Å². The summed E-state index contributed by atoms with van der Waals surface area (Å²) in [6.07, 6.45) is 10.4. The van der Waals surface area contributed by atoms with Crippen molar-refractivity contribution in [1.82, 2.24) is 9.78 Å². The van der Waals surface area contributed by atoms with Gasteiger partial charge in [0.25, 0.3) is 0 Å². The zero-order valence-corrected chi connectivity index (χ0v) is 12.9. The molecule has 0 unspecified atom stereocenters. The lowest BCUT2D eigenvalue weighted by Gasteiger charge is -2.03. The summed E-state index contributed by atoms with van der Waals surface area (Å²) >= 11 is 0. The van der Waals surface area contributed by atoms with Gasteiger partial charge in [-0.2, -0.15) is 0 Å². The maximum absolute atomic E-state index is 10.5. The van der Waals surface area contributed by atoms with Crippen molar-refractivity contribution in [3.63, 3.8) is 0 Å². The third kappa shape index (κ3) is 4.58. The van der Waals surface area contributed by atoms with E-state index >= 15 is 0 Å². The average Bonchev–Trinajstić information content (AvgIpc) is 2.97. The van der Waals surface area contributed by atoms with Crippen molar-refractivity contribution in [3.8, 4) is 11.6 Å². The van der Waals surface area contributed by atoms with E-state index in [0.29, 0.717) is 12.5 Å². The number of aldehydes is 1. The summed E-state index contributed by atoms with van der Waals surface area (Å²) in [5, 5.41) is 4.48. The van der Waals surface area contributed by atoms with Crippen molar-refractivity contribution in [3.05, 3.63) is 48.2 Å². The fourth-order valence-corrected chi connectivity index (χ4v) is 2.15. The first-order valence-corrected chi connectivity index (χ1v) is 7.75. The normalized spacial score (nSPS) is 11.0. The Kier molecular flexibility index (Phi) is 6.42. The number of aromatic nitrogens is 2. The van der Waals surface area contributed by atoms with Gasteiger partial charge in [0.15, 0.2) is 0 Å². The van der Waals surface area contributed by atoms with Gasteiger partial charge in [-0.05, 0) is 30.7 Å². The van der Waals surface area contributed by atoms with Gasteiger partial charge in [0.2, 0.25) is 5.88 Å². The minimum Gasteiger partial charge on any atom is -0.476 e. The van der Waals surface area contributed by atoms with E-state index in [-0.39, 0.29) is 0 Å². The van der Waals surface area contributed by atoms with Gasteiger partial charge >= 0.3 is 0 Å². The quantitative estimate of drug-likeness (QED) is 0.398. The predicted octanol–water partition coefficient (Wildman–Crippen LogP) is 4.04. The van der Waals surface area contributed by atoms with Gasteiger partial charge < -0.3 is 4.74 Å². The zero-order chi connectivity index (χ0) is 15.6. The Balaban J connectivity index is 2.10. The van der Waals surface area contributed by atoms with Crippen LogP contribution in [0.15, 0.2) is 42.6 Å². The SMILES string of the molecule is CCCCCCOc1nn(-c2ccccc2)cc1C=CC=O. The molecule has 1 aromatic heterocycles. The maximum Gasteiger partial charge on any atom is 0.240 e. The molecule has 2 aromatic rings. The van der Waals surface area contributed by atoms with Crippen molar-refractivity contribution < 1.29 is 9.53 Å². The monoisotopic (exact) mass is 298 g/mol. The Bertz CT molecular complexity index is 603. The minimum atomic E-state index is 0.568. The number of nitrogens with zero attached hydrogens (tertiary/aromatic N) is 2. The topological polar surface area (TPSA) is 44.1 Å². The Morgan fingerprint density at radius 1 is 1.18 bits per heavy atom. The first kappa shape index (κ1) is 16.0. The van der Waals surface area contributed by atoms with Crippen LogP contribution in [0.2, 0.25) is 0 Å². The first-order chi connectivity index (χ1) is 10.8. The van der Waals surface area contributed by atoms with E-state index in [1.807, 2.05) is 36.5 Å². The van der Waals surface area contributed by atoms with E-state index in [2.05, 4.69) is 12.0 Å². The molecular weight excluding hydrogens is 276 g/mol. The van der Waals surface area contributed by atoms with Crippen LogP contribution in [0.1, 0.15) is 38.2 Å². The number of carbonyl (C=O) groups excluding carboxylic acids is 1. The highest BCUT2D eigenvalue weighted by atomic mass is 16.5. The molecule has 22 heavy (non-hydrogen) atoms. The van der Waals surface area contributed by atoms with E-state index in [4.69, 9.17) is 4.74 Å². The second-order valence-electron chi connectivity index (χ2n) is 5.07. The molecule has 0 bridgehead atoms. The standard InChI is InChI=1S/C18H22N2O2/c1-2-3-4-8-14-22-18-16(10-9-13-21)15-20(19-18)17-11-6-5-7-12-17/h5-7,9-13,15H,2-4,8,14H2,1H3. The minimum absolute atomic E-state index is 0.568. The molecule has 0 fully saturated rings. The second kappa shape index (κ2) is 8.82. The molecule has 1 aromatic carbocycles. The van der Waals surface area contributed by atoms with Crippen LogP contribution in [0.3, 0.4) is 0 Å². The Hall–Kier alpha value is -2.36. The molecule has 4 heteroatoms. The fraction of sp³-hybridized carbons (Fsp3) is 0.333. The molecule has 0 saturated carbocycles. The molecule has 0 aliphatic carbocycles. The highest BCUT2D eigenvalue weighted by Gasteiger charge is 2.09. The lowest BCUT2D eigenvalue weighted by molar-refractivity contribution is -0.104. The summed E-state index contributed by atoms with van der Waals surface area (Å²) in [5.74, 6) is 0.568. The zero-order valence-electron chi connectivity index (χ0n) is 12.9. The molecule has 1 heterocycles. The number of para-hydroxylation sites is 1. The van der Waals surface area contributed by atoms with Gasteiger partial charge in [-0.15, -0.1) is 5.10 Å². The molecule has 0 N–H and O–H groups in total. The van der Waals surface area contributed by atoms with Crippen LogP contribution in [-0.2, 0) is 4.79 Å². The number of rotatable bonds is 9. The van der Waals surface area contributed by atoms with Gasteiger partial charge in [-0.1, -0.05) is 44.4 Å². The third-order valence-corrected chi connectivity index (χ3v) is 3.32. The number of unbranched alkanes of at least 4 members (excludes halogenated alkanes) is 3. The highest BCUT2D eigenvalue weighted by molar-refractivity contribution is 5.74. The highest BCUT2D eigenvalue weighted by Crippen LogP contribution is 2.20. The summed E-state index contributed by atoms with van der Waals surface area (Å²) in [6.45, 7) is 2.83. The molecule has 0 radical (unpaired) electrons. The van der Waals surface area contributed by atoms with Crippen LogP contribution in [0.4, 0.5) is 0 Å². The van der Waals surface area contributed by atoms with Crippen molar-refractivity contribution >= 4 is 12.4 Å². The molecule has 116 valence electrons. The van der Waals surface area contributed by atoms with Crippen LogP contribution in [0.5, 0.6) is 5.88 Å². The van der Waals surface area contributed by atoms with E-state index < -0.39 is 0 Å². The Labute approximate surface area is 131 Å². The van der Waals surface area contributed by atoms with E-state index in [0.717, 1.165) is 30.4 Å². The summed E-state index contributed by atoms with van der Waals surface area (Å²) in [4.78, 5) is 10.5. The first-order valence-electron chi connectivity index (χ1n) is 7.75. The number of hydrogen-bond donors (Lipinski definition) is 0. The maximum atomic E-state index is 10.5. The summed E-state index contributed by atoms with van der Waals surface area (Å²) < 4.78 is 7.55. The van der Waals surface area contributed by atoms with Crippen LogP contribution >= 0.6 is 0 Å². The van der Waals surface area contributed by atoms with E-state index in [1.54, 1.807) is 10.8 Å². The van der Waals surface area contributed by atoms with Crippen molar-refractivity contribution in [1.29, 1.82) is 0 Å². The number of allylic oxidation sites excluding steroid dienone is 1. The van der Waals surface area contributed by atoms with Gasteiger partial charge in [0.05, 0.1) is 17.9 Å². The number of ether oxygens (including phenoxy) is 1. The Morgan fingerprint density at radius 2 is 2.00 bits per heavy atom. The molecule has 4 nitrogen and oxygen atoms in total. The third-order valence-electron chi connectivity index (χ3n) is 3.32. The van der Waals surface area contributed by atoms with E-state index in [1.165, 1.54) is 18.9 Å². The average molecular weight is 298 g/mol. The molecule has 0 atom stereocenters. The van der Waals surface area contributed by atoms with Crippen LogP contribution in [0, 0.1) is 0 Å². The number of benzene rings is 1. The lowest BCUT2D eigenvalue weighted by atomic mass is 10.2. The van der Waals surface area contributed by atoms with Crippen molar-refractivity contribution in [2.45, 2.75) is 32.6 Å². The summed E-state index contributed by atoms with van der Waals surface area (Å²) in [6, 6.07) is 9.84. The van der Waals surface area contributed by atoms with Crippen molar-refractivity contribution in [2.24, 2.45) is 0 Å². The van der Waals surface area contributed by atoms with Gasteiger partial charge in [-0.25, -0.2) is 4.68 Å². The molecule has 0 amide bonds. The van der Waals surface area contributed by atoms with Crippen LogP contribution < -0.4 is 4.74 Å². The predicted molar refractivity (Wildman–Crippen MR) is 88.3 cm³/mol. The summed E-state index contributed by atoms with van der Waals surface area (Å²) in [7, 11) is 0. The molecule has 0 aliphatic heterocycles. The molecular formula is C18H22N2O2. The smallest absolute Gasteiger partial charge is 0.240 e. The van der Waals surface area contributed by atoms with Crippen LogP contribution in [0.25, 0.3) is 11.8 Å². The lowest BCUT2D eigenvalue weighted by Crippen LogP contribution is -2.00. The van der Waals surface area contributed by atoms with Crippen molar-refractivity contribution in [2.75, 3.05) is 6.61 Å². The molecule has 0 saturated heterocycles. The molecule has 0 aliphatic rings. The fourth-order valence-electron chi connectivity index (χ4n) is 2.15. The largest absolute Gasteiger partial charge is 0.476 e. The number of hydrogen-bond acceptors (Lipinski definition) is 3. The van der Waals surface area contributed by atoms with Gasteiger partial charge in [0.1, 0.15) is 6.29 Å². The second-order valence-corrected chi connectivity index (χ2v) is 5.07. The van der Waals surface area contributed by atoms with Gasteiger partial charge in [0, 0.05) is 6.20 Å². The molecule has 2 rings (SSSR count).